The van der Waals surface area contributed by atoms with Crippen LogP contribution in [-0.2, 0) is 19.4 Å². The molecule has 4 nitrogen and oxygen atoms in total. The van der Waals surface area contributed by atoms with Crippen molar-refractivity contribution in [2.75, 3.05) is 6.26 Å². The number of aromatic nitrogens is 1. The molecule has 1 aromatic heterocycles. The van der Waals surface area contributed by atoms with E-state index >= 15 is 0 Å². The average Bonchev–Trinajstić information content (AvgIpc) is 2.76. The van der Waals surface area contributed by atoms with Crippen molar-refractivity contribution in [1.29, 1.82) is 0 Å². The first-order chi connectivity index (χ1) is 14.2. The topological polar surface area (TPSA) is 54.3 Å². The maximum Gasteiger partial charge on any atom is 0.256 e. The van der Waals surface area contributed by atoms with Gasteiger partial charge in [0.25, 0.3) is 5.56 Å². The molecule has 0 amide bonds. The Kier molecular flexibility index (Phi) is 6.19. The average molecular weight is 407 g/mol. The molecule has 2 atom stereocenters. The second kappa shape index (κ2) is 8.99. The number of hydrogen-bond acceptors (Lipinski definition) is 4. The van der Waals surface area contributed by atoms with Crippen molar-refractivity contribution in [2.45, 2.75) is 38.0 Å². The van der Waals surface area contributed by atoms with Gasteiger partial charge >= 0.3 is 0 Å². The molecule has 2 heterocycles. The zero-order valence-corrected chi connectivity index (χ0v) is 17.4. The van der Waals surface area contributed by atoms with Gasteiger partial charge in [-0.15, -0.1) is 0 Å². The second-order valence-electron chi connectivity index (χ2n) is 7.49. The van der Waals surface area contributed by atoms with Crippen molar-refractivity contribution in [3.05, 3.63) is 93.9 Å². The fraction of sp³-hybridized carbons (Fsp3) is 0.292. The number of nitrogens with zero attached hydrogens (tertiary/aromatic N) is 1. The summed E-state index contributed by atoms with van der Waals surface area (Å²) in [5, 5.41) is 9.59. The van der Waals surface area contributed by atoms with Crippen LogP contribution in [0.4, 0.5) is 0 Å². The minimum Gasteiger partial charge on any atom is -0.391 e. The molecule has 0 saturated carbocycles. The second-order valence-corrected chi connectivity index (χ2v) is 8.13. The summed E-state index contributed by atoms with van der Waals surface area (Å²) < 4.78 is 5.42. The molecule has 2 aromatic carbocycles. The largest absolute Gasteiger partial charge is 0.391 e. The molecule has 5 heteroatoms. The van der Waals surface area contributed by atoms with E-state index in [0.717, 1.165) is 25.0 Å². The Balaban J connectivity index is 1.72. The molecule has 2 unspecified atom stereocenters. The van der Waals surface area contributed by atoms with E-state index in [1.54, 1.807) is 18.0 Å². The lowest BCUT2D eigenvalue weighted by Crippen LogP contribution is -2.45. The number of benzene rings is 2. The predicted octanol–water partition coefficient (Wildman–Crippen LogP) is 3.97. The van der Waals surface area contributed by atoms with Gasteiger partial charge in [-0.1, -0.05) is 66.5 Å². The number of aliphatic hydroxyl groups excluding tert-OH is 1. The van der Waals surface area contributed by atoms with Crippen LogP contribution in [0.5, 0.6) is 0 Å². The Morgan fingerprint density at radius 2 is 1.86 bits per heavy atom. The fourth-order valence-corrected chi connectivity index (χ4v) is 4.85. The monoisotopic (exact) mass is 406 g/mol. The summed E-state index contributed by atoms with van der Waals surface area (Å²) in [6.07, 6.45) is 4.64. The van der Waals surface area contributed by atoms with Crippen LogP contribution in [0.3, 0.4) is 0 Å². The van der Waals surface area contributed by atoms with Gasteiger partial charge in [0.1, 0.15) is 0 Å². The molecular weight excluding hydrogens is 380 g/mol. The van der Waals surface area contributed by atoms with Gasteiger partial charge in [-0.2, -0.15) is 0 Å². The molecule has 1 aliphatic heterocycles. The highest BCUT2D eigenvalue weighted by Gasteiger charge is 2.30. The molecule has 2 N–H and O–H groups in total. The van der Waals surface area contributed by atoms with Gasteiger partial charge in [0.2, 0.25) is 0 Å². The molecule has 0 fully saturated rings. The van der Waals surface area contributed by atoms with Gasteiger partial charge < -0.3 is 9.67 Å². The van der Waals surface area contributed by atoms with Gasteiger partial charge in [-0.25, -0.2) is 0 Å². The van der Waals surface area contributed by atoms with Crippen LogP contribution in [0, 0.1) is 0 Å². The highest BCUT2D eigenvalue weighted by Crippen LogP contribution is 2.29. The first-order valence-electron chi connectivity index (χ1n) is 9.98. The Morgan fingerprint density at radius 1 is 1.07 bits per heavy atom. The smallest absolute Gasteiger partial charge is 0.256 e. The van der Waals surface area contributed by atoms with E-state index in [9.17, 15) is 9.90 Å². The van der Waals surface area contributed by atoms with Crippen molar-refractivity contribution >= 4 is 11.9 Å². The molecule has 0 aliphatic carbocycles. The third-order valence-corrected chi connectivity index (χ3v) is 6.24. The third kappa shape index (κ3) is 4.17. The van der Waals surface area contributed by atoms with E-state index in [2.05, 4.69) is 41.1 Å². The summed E-state index contributed by atoms with van der Waals surface area (Å²) in [7, 11) is 0. The molecule has 150 valence electrons. The van der Waals surface area contributed by atoms with Crippen LogP contribution >= 0.6 is 11.9 Å². The lowest BCUT2D eigenvalue weighted by atomic mass is 9.90. The summed E-state index contributed by atoms with van der Waals surface area (Å²) >= 11 is 1.60. The maximum atomic E-state index is 13.1. The van der Waals surface area contributed by atoms with Crippen molar-refractivity contribution in [2.24, 2.45) is 0 Å². The summed E-state index contributed by atoms with van der Waals surface area (Å²) in [5.41, 5.74) is 5.03. The zero-order chi connectivity index (χ0) is 20.2. The van der Waals surface area contributed by atoms with Gasteiger partial charge in [-0.3, -0.25) is 9.52 Å². The molecular formula is C24H26N2O2S. The van der Waals surface area contributed by atoms with E-state index in [1.165, 1.54) is 16.7 Å². The highest BCUT2D eigenvalue weighted by atomic mass is 32.2. The zero-order valence-electron chi connectivity index (χ0n) is 16.5. The Hall–Kier alpha value is -2.34. The van der Waals surface area contributed by atoms with Gasteiger partial charge in [0.05, 0.1) is 12.6 Å². The number of hydrogen-bond donors (Lipinski definition) is 2. The minimum absolute atomic E-state index is 0.0104. The van der Waals surface area contributed by atoms with Crippen molar-refractivity contribution in [3.8, 4) is 11.1 Å². The van der Waals surface area contributed by atoms with Crippen LogP contribution in [0.1, 0.15) is 29.3 Å². The highest BCUT2D eigenvalue weighted by molar-refractivity contribution is 7.96. The minimum atomic E-state index is -0.226. The molecule has 0 bridgehead atoms. The van der Waals surface area contributed by atoms with Crippen molar-refractivity contribution in [1.82, 2.24) is 9.29 Å². The van der Waals surface area contributed by atoms with Crippen LogP contribution in [0.15, 0.2) is 71.5 Å². The summed E-state index contributed by atoms with van der Waals surface area (Å²) in [4.78, 5) is 13.1. The lowest BCUT2D eigenvalue weighted by Gasteiger charge is -2.36. The fourth-order valence-electron chi connectivity index (χ4n) is 4.27. The van der Waals surface area contributed by atoms with Gasteiger partial charge in [0, 0.05) is 17.3 Å². The van der Waals surface area contributed by atoms with Crippen LogP contribution in [0.25, 0.3) is 11.1 Å². The van der Waals surface area contributed by atoms with E-state index in [-0.39, 0.29) is 24.2 Å². The van der Waals surface area contributed by atoms with Gasteiger partial charge in [-0.05, 0) is 54.3 Å². The van der Waals surface area contributed by atoms with Crippen LogP contribution < -0.4 is 10.3 Å². The van der Waals surface area contributed by atoms with Gasteiger partial charge in [0.15, 0.2) is 0 Å². The molecule has 1 aliphatic rings. The first-order valence-corrected chi connectivity index (χ1v) is 11.2. The Morgan fingerprint density at radius 3 is 2.62 bits per heavy atom. The first kappa shape index (κ1) is 20.0. The van der Waals surface area contributed by atoms with E-state index in [1.807, 2.05) is 35.1 Å². The summed E-state index contributed by atoms with van der Waals surface area (Å²) in [6.45, 7) is -0.226. The molecule has 0 radical (unpaired) electrons. The standard InChI is InChI=1S/C24H26N2O2S/c1-29-25-22-13-12-21-11-10-20(16-27)24(28)26(21)23(22)15-17-6-5-9-19(14-17)18-7-3-2-4-8-18/h2-11,14,22-23,25,27H,12-13,15-16H2,1H3. The number of aliphatic hydroxyl groups is 1. The van der Waals surface area contributed by atoms with Crippen molar-refractivity contribution in [3.63, 3.8) is 0 Å². The number of aryl methyl sites for hydroxylation is 1. The molecule has 3 aromatic rings. The predicted molar refractivity (Wildman–Crippen MR) is 120 cm³/mol. The summed E-state index contributed by atoms with van der Waals surface area (Å²) in [6, 6.07) is 22.9. The molecule has 0 saturated heterocycles. The quantitative estimate of drug-likeness (QED) is 0.608. The third-order valence-electron chi connectivity index (χ3n) is 5.71. The molecule has 29 heavy (non-hydrogen) atoms. The van der Waals surface area contributed by atoms with Crippen molar-refractivity contribution < 1.29 is 5.11 Å². The maximum absolute atomic E-state index is 13.1. The molecule has 0 spiro atoms. The van der Waals surface area contributed by atoms with E-state index < -0.39 is 0 Å². The van der Waals surface area contributed by atoms with Crippen LogP contribution in [0.2, 0.25) is 0 Å². The SMILES string of the molecule is CSNC1CCc2ccc(CO)c(=O)n2C1Cc1cccc(-c2ccccc2)c1. The number of rotatable bonds is 6. The Bertz CT molecular complexity index is 1030. The number of nitrogens with one attached hydrogen (secondary N) is 1. The number of pyridine rings is 1. The molecule has 4 rings (SSSR count). The normalized spacial score (nSPS) is 18.4. The van der Waals surface area contributed by atoms with E-state index in [0.29, 0.717) is 5.56 Å². The lowest BCUT2D eigenvalue weighted by molar-refractivity contribution is 0.272. The van der Waals surface area contributed by atoms with Crippen LogP contribution in [-0.4, -0.2) is 22.0 Å². The summed E-state index contributed by atoms with van der Waals surface area (Å²) in [5.74, 6) is 0. The Labute approximate surface area is 175 Å². The number of fused-ring (bicyclic) bond motifs is 1. The van der Waals surface area contributed by atoms with E-state index in [4.69, 9.17) is 0 Å².